The summed E-state index contributed by atoms with van der Waals surface area (Å²) in [6.45, 7) is 4.80. The lowest BCUT2D eigenvalue weighted by Gasteiger charge is -2.43. The van der Waals surface area contributed by atoms with Gasteiger partial charge in [-0.25, -0.2) is 4.98 Å². The highest BCUT2D eigenvalue weighted by Crippen LogP contribution is 2.55. The maximum atomic E-state index is 5.02. The summed E-state index contributed by atoms with van der Waals surface area (Å²) in [5.41, 5.74) is 6.82. The number of nitrogens with zero attached hydrogens (tertiary/aromatic N) is 3. The third kappa shape index (κ3) is 4.93. The van der Waals surface area contributed by atoms with Crippen LogP contribution in [0.15, 0.2) is 188 Å². The predicted octanol–water partition coefficient (Wildman–Crippen LogP) is 10.00. The second-order valence-corrected chi connectivity index (χ2v) is 19.5. The van der Waals surface area contributed by atoms with E-state index >= 15 is 0 Å². The highest BCUT2D eigenvalue weighted by atomic mass is 32.1. The van der Waals surface area contributed by atoms with Crippen LogP contribution in [0, 0.1) is 0 Å². The fraction of sp³-hybridized carbons (Fsp3) is 0.0612. The van der Waals surface area contributed by atoms with Gasteiger partial charge in [0, 0.05) is 49.1 Å². The second kappa shape index (κ2) is 12.8. The molecule has 0 N–H and O–H groups in total. The molecule has 0 radical (unpaired) electrons. The molecule has 1 aliphatic rings. The molecule has 0 unspecified atom stereocenters. The summed E-state index contributed by atoms with van der Waals surface area (Å²) in [5.74, 6) is 0.914. The first kappa shape index (κ1) is 32.5. The van der Waals surface area contributed by atoms with Gasteiger partial charge >= 0.3 is 0 Å². The van der Waals surface area contributed by atoms with E-state index in [2.05, 4.69) is 183 Å². The zero-order chi connectivity index (χ0) is 36.3. The minimum absolute atomic E-state index is 0.280. The Morgan fingerprint density at radius 2 is 1.19 bits per heavy atom. The molecule has 0 atom stereocenters. The van der Waals surface area contributed by atoms with Gasteiger partial charge in [-0.2, -0.15) is 0 Å². The molecule has 4 heterocycles. The molecule has 0 bridgehead atoms. The molecule has 9 aromatic rings. The van der Waals surface area contributed by atoms with Gasteiger partial charge in [-0.05, 0) is 68.8 Å². The molecule has 0 fully saturated rings. The molecule has 3 nitrogen and oxygen atoms in total. The Morgan fingerprint density at radius 3 is 1.91 bits per heavy atom. The van der Waals surface area contributed by atoms with Gasteiger partial charge in [0.1, 0.15) is 5.82 Å². The number of thiophene rings is 1. The SMILES string of the molecule is CC1(C)c2ccc([Si](c3ccccc3)(c3ccccc3)c3cccc(-c4ccccn4)c3)cc2N(c2ccccn2)c2ccc3c(sc4ccccc43)c21. The zero-order valence-corrected chi connectivity index (χ0v) is 32.0. The Hall–Kier alpha value is -6.14. The summed E-state index contributed by atoms with van der Waals surface area (Å²) in [4.78, 5) is 12.2. The largest absolute Gasteiger partial charge is 0.294 e. The average molecular weight is 728 g/mol. The number of anilines is 3. The first-order valence-corrected chi connectivity index (χ1v) is 21.3. The van der Waals surface area contributed by atoms with Crippen molar-refractivity contribution in [2.24, 2.45) is 0 Å². The molecule has 6 aromatic carbocycles. The van der Waals surface area contributed by atoms with Gasteiger partial charge < -0.3 is 0 Å². The van der Waals surface area contributed by atoms with Crippen LogP contribution in [-0.2, 0) is 5.41 Å². The fourth-order valence-electron chi connectivity index (χ4n) is 8.87. The van der Waals surface area contributed by atoms with E-state index in [1.165, 1.54) is 63.4 Å². The number of hydrogen-bond acceptors (Lipinski definition) is 4. The van der Waals surface area contributed by atoms with E-state index in [0.717, 1.165) is 17.1 Å². The summed E-state index contributed by atoms with van der Waals surface area (Å²) in [6, 6.07) is 64.7. The summed E-state index contributed by atoms with van der Waals surface area (Å²) >= 11 is 1.90. The second-order valence-electron chi connectivity index (χ2n) is 14.6. The smallest absolute Gasteiger partial charge is 0.179 e. The lowest BCUT2D eigenvalue weighted by Crippen LogP contribution is -2.74. The molecule has 10 rings (SSSR count). The molecule has 0 amide bonds. The molecule has 0 aliphatic carbocycles. The van der Waals surface area contributed by atoms with Crippen molar-refractivity contribution in [1.82, 2.24) is 9.97 Å². The van der Waals surface area contributed by atoms with Crippen LogP contribution in [-0.4, -0.2) is 18.0 Å². The normalized spacial score (nSPS) is 13.5. The summed E-state index contributed by atoms with van der Waals surface area (Å²) in [6.07, 6.45) is 3.79. The predicted molar refractivity (Wildman–Crippen MR) is 231 cm³/mol. The highest BCUT2D eigenvalue weighted by molar-refractivity contribution is 7.26. The van der Waals surface area contributed by atoms with Gasteiger partial charge in [0.2, 0.25) is 0 Å². The molecule has 258 valence electrons. The van der Waals surface area contributed by atoms with Crippen molar-refractivity contribution in [3.8, 4) is 11.3 Å². The van der Waals surface area contributed by atoms with Crippen LogP contribution >= 0.6 is 11.3 Å². The van der Waals surface area contributed by atoms with Crippen LogP contribution in [0.4, 0.5) is 17.2 Å². The van der Waals surface area contributed by atoms with Gasteiger partial charge in [0.15, 0.2) is 8.07 Å². The molecular weight excluding hydrogens is 691 g/mol. The Balaban J connectivity index is 1.29. The van der Waals surface area contributed by atoms with Crippen LogP contribution < -0.4 is 25.6 Å². The number of fused-ring (bicyclic) bond motifs is 6. The Kier molecular flexibility index (Phi) is 7.68. The van der Waals surface area contributed by atoms with Crippen molar-refractivity contribution in [1.29, 1.82) is 0 Å². The van der Waals surface area contributed by atoms with Crippen molar-refractivity contribution >= 4 is 77.5 Å². The highest BCUT2D eigenvalue weighted by Gasteiger charge is 2.45. The number of hydrogen-bond donors (Lipinski definition) is 0. The van der Waals surface area contributed by atoms with E-state index in [9.17, 15) is 0 Å². The van der Waals surface area contributed by atoms with Crippen molar-refractivity contribution < 1.29 is 0 Å². The van der Waals surface area contributed by atoms with Gasteiger partial charge in [-0.15, -0.1) is 11.3 Å². The monoisotopic (exact) mass is 727 g/mol. The molecular formula is C49H37N3SSi. The minimum atomic E-state index is -2.93. The van der Waals surface area contributed by atoms with Crippen molar-refractivity contribution in [2.75, 3.05) is 4.90 Å². The quantitative estimate of drug-likeness (QED) is 0.126. The minimum Gasteiger partial charge on any atom is -0.294 e. The van der Waals surface area contributed by atoms with Crippen LogP contribution in [0.2, 0.25) is 0 Å². The van der Waals surface area contributed by atoms with Gasteiger partial charge in [0.25, 0.3) is 0 Å². The number of rotatable bonds is 6. The molecule has 5 heteroatoms. The number of aromatic nitrogens is 2. The lowest BCUT2D eigenvalue weighted by atomic mass is 9.73. The maximum absolute atomic E-state index is 5.02. The lowest BCUT2D eigenvalue weighted by molar-refractivity contribution is 0.638. The first-order valence-electron chi connectivity index (χ1n) is 18.5. The first-order chi connectivity index (χ1) is 26.5. The van der Waals surface area contributed by atoms with Gasteiger partial charge in [-0.1, -0.05) is 147 Å². The fourth-order valence-corrected chi connectivity index (χ4v) is 15.1. The Labute approximate surface area is 320 Å². The maximum Gasteiger partial charge on any atom is 0.179 e. The van der Waals surface area contributed by atoms with Crippen molar-refractivity contribution in [3.63, 3.8) is 0 Å². The van der Waals surface area contributed by atoms with Crippen LogP contribution in [0.3, 0.4) is 0 Å². The van der Waals surface area contributed by atoms with Gasteiger partial charge in [0.05, 0.1) is 17.1 Å². The van der Waals surface area contributed by atoms with Crippen LogP contribution in [0.5, 0.6) is 0 Å². The summed E-state index contributed by atoms with van der Waals surface area (Å²) < 4.78 is 2.66. The van der Waals surface area contributed by atoms with Gasteiger partial charge in [-0.3, -0.25) is 9.88 Å². The van der Waals surface area contributed by atoms with Crippen molar-refractivity contribution in [2.45, 2.75) is 19.3 Å². The van der Waals surface area contributed by atoms with Crippen molar-refractivity contribution in [3.05, 3.63) is 199 Å². The van der Waals surface area contributed by atoms with E-state index in [4.69, 9.17) is 9.97 Å². The molecule has 1 aliphatic heterocycles. The molecule has 54 heavy (non-hydrogen) atoms. The molecule has 0 saturated heterocycles. The van der Waals surface area contributed by atoms with E-state index in [0.29, 0.717) is 0 Å². The molecule has 3 aromatic heterocycles. The topological polar surface area (TPSA) is 29.0 Å². The van der Waals surface area contributed by atoms with E-state index in [1.807, 2.05) is 35.9 Å². The molecule has 0 saturated carbocycles. The summed E-state index contributed by atoms with van der Waals surface area (Å²) in [7, 11) is -2.93. The van der Waals surface area contributed by atoms with E-state index in [-0.39, 0.29) is 5.41 Å². The third-order valence-electron chi connectivity index (χ3n) is 11.3. The third-order valence-corrected chi connectivity index (χ3v) is 17.2. The molecule has 0 spiro atoms. The van der Waals surface area contributed by atoms with E-state index < -0.39 is 8.07 Å². The zero-order valence-electron chi connectivity index (χ0n) is 30.1. The Morgan fingerprint density at radius 1 is 0.519 bits per heavy atom. The van der Waals surface area contributed by atoms with Crippen LogP contribution in [0.25, 0.3) is 31.4 Å². The average Bonchev–Trinajstić information content (AvgIpc) is 3.61. The Bertz CT molecular complexity index is 2760. The number of benzene rings is 6. The van der Waals surface area contributed by atoms with Crippen LogP contribution in [0.1, 0.15) is 25.0 Å². The standard InChI is InChI=1S/C49H37N3SSi/c1-49(2)41-28-26-38(33-44(41)52(46-25-12-14-31-51-46)43-29-27-40-39-22-9-10-24-45(39)53-48(40)47(43)49)54(35-17-5-3-6-18-35,36-19-7-4-8-20-36)37-21-15-16-34(32-37)42-23-11-13-30-50-42/h3-33H,1-2H3. The summed E-state index contributed by atoms with van der Waals surface area (Å²) in [5, 5.41) is 7.93. The van der Waals surface area contributed by atoms with E-state index in [1.54, 1.807) is 0 Å². The number of pyridine rings is 2.